The maximum absolute atomic E-state index is 14.1. The van der Waals surface area contributed by atoms with Gasteiger partial charge in [0, 0.05) is 50.9 Å². The van der Waals surface area contributed by atoms with Gasteiger partial charge in [-0.05, 0) is 97.0 Å². The minimum Gasteiger partial charge on any atom is -0.311 e. The first-order chi connectivity index (χ1) is 29.3. The standard InChI is InChI=1S/C51H36F6N4.Pt/c1-49(2,47-33-43(31-45(58-47)35-17-15-19-37(29-35)50(52,53)54)60(39-21-7-3-8-22-39)40-23-9-4-10-24-40)48-34-44(32-46(59-48)36-18-16-20-38(30-36)51(55,56)57)61(41-25-11-5-12-26-41)42-27-13-6-14-28-42;/h3-16,19-34H,1-2H3;/q-2;+2. The van der Waals surface area contributed by atoms with Gasteiger partial charge in [-0.3, -0.25) is 0 Å². The van der Waals surface area contributed by atoms with Gasteiger partial charge in [0.25, 0.3) is 0 Å². The zero-order valence-electron chi connectivity index (χ0n) is 33.2. The number of halogens is 6. The van der Waals surface area contributed by atoms with Crippen LogP contribution in [0, 0.1) is 12.1 Å². The van der Waals surface area contributed by atoms with Gasteiger partial charge in [-0.2, -0.15) is 26.3 Å². The molecule has 0 atom stereocenters. The molecule has 11 heteroatoms. The van der Waals surface area contributed by atoms with E-state index in [0.29, 0.717) is 22.8 Å². The van der Waals surface area contributed by atoms with Crippen molar-refractivity contribution in [2.75, 3.05) is 9.80 Å². The predicted molar refractivity (Wildman–Crippen MR) is 229 cm³/mol. The molecule has 4 nitrogen and oxygen atoms in total. The number of benzene rings is 6. The van der Waals surface area contributed by atoms with E-state index in [2.05, 4.69) is 12.1 Å². The third kappa shape index (κ3) is 9.36. The topological polar surface area (TPSA) is 32.3 Å². The van der Waals surface area contributed by atoms with Crippen LogP contribution in [0.15, 0.2) is 182 Å². The van der Waals surface area contributed by atoms with Gasteiger partial charge in [-0.25, -0.2) is 0 Å². The third-order valence-electron chi connectivity index (χ3n) is 10.3. The Morgan fingerprint density at radius 3 is 1.00 bits per heavy atom. The van der Waals surface area contributed by atoms with Gasteiger partial charge in [0.15, 0.2) is 0 Å². The fourth-order valence-electron chi connectivity index (χ4n) is 7.12. The molecule has 0 radical (unpaired) electrons. The van der Waals surface area contributed by atoms with Crippen molar-refractivity contribution in [1.82, 2.24) is 9.97 Å². The van der Waals surface area contributed by atoms with Crippen LogP contribution in [-0.4, -0.2) is 9.97 Å². The molecule has 0 unspecified atom stereocenters. The summed E-state index contributed by atoms with van der Waals surface area (Å²) in [6.45, 7) is 3.77. The Bertz CT molecular complexity index is 2490. The minimum absolute atomic E-state index is 0. The summed E-state index contributed by atoms with van der Waals surface area (Å²) in [6, 6.07) is 57.7. The Morgan fingerprint density at radius 1 is 0.403 bits per heavy atom. The monoisotopic (exact) mass is 1010 g/mol. The Balaban J connectivity index is 0.00000578. The van der Waals surface area contributed by atoms with Crippen LogP contribution in [-0.2, 0) is 38.8 Å². The van der Waals surface area contributed by atoms with Crippen molar-refractivity contribution >= 4 is 34.1 Å². The minimum atomic E-state index is -4.62. The van der Waals surface area contributed by atoms with Crippen molar-refractivity contribution in [3.05, 3.63) is 217 Å². The molecule has 2 aromatic heterocycles. The van der Waals surface area contributed by atoms with Crippen LogP contribution in [0.2, 0.25) is 0 Å². The number of pyridine rings is 2. The number of hydrogen-bond acceptors (Lipinski definition) is 4. The SMILES string of the molecule is CC(C)(c1cc(N(c2ccccc2)c2ccccc2)cc(-c2[c-]ccc(C(F)(F)F)c2)n1)c1cc(N(c2ccccc2)c2ccccc2)cc(-c2[c-]ccc(C(F)(F)F)c2)n1.[Pt+2]. The van der Waals surface area contributed by atoms with Crippen LogP contribution in [0.3, 0.4) is 0 Å². The molecule has 8 rings (SSSR count). The molecule has 2 heterocycles. The first-order valence-corrected chi connectivity index (χ1v) is 19.3. The normalized spacial score (nSPS) is 11.7. The van der Waals surface area contributed by atoms with Gasteiger partial charge in [-0.1, -0.05) is 84.9 Å². The van der Waals surface area contributed by atoms with Crippen molar-refractivity contribution in [1.29, 1.82) is 0 Å². The van der Waals surface area contributed by atoms with Gasteiger partial charge in [0.05, 0.1) is 0 Å². The summed E-state index contributed by atoms with van der Waals surface area (Å²) in [4.78, 5) is 14.1. The van der Waals surface area contributed by atoms with Crippen molar-refractivity contribution < 1.29 is 47.4 Å². The van der Waals surface area contributed by atoms with Crippen LogP contribution in [0.4, 0.5) is 60.5 Å². The molecule has 62 heavy (non-hydrogen) atoms. The van der Waals surface area contributed by atoms with Gasteiger partial charge < -0.3 is 19.8 Å². The maximum atomic E-state index is 14.1. The average Bonchev–Trinajstić information content (AvgIpc) is 3.27. The molecule has 0 fully saturated rings. The quantitative estimate of drug-likeness (QED) is 0.101. The van der Waals surface area contributed by atoms with E-state index in [-0.39, 0.29) is 43.6 Å². The molecule has 0 bridgehead atoms. The van der Waals surface area contributed by atoms with E-state index in [4.69, 9.17) is 9.97 Å². The summed E-state index contributed by atoms with van der Waals surface area (Å²) in [7, 11) is 0. The summed E-state index contributed by atoms with van der Waals surface area (Å²) in [5, 5.41) is 0. The molecule has 8 aromatic rings. The molecule has 0 aliphatic carbocycles. The van der Waals surface area contributed by atoms with Gasteiger partial charge in [0.2, 0.25) is 0 Å². The van der Waals surface area contributed by atoms with Crippen LogP contribution < -0.4 is 9.80 Å². The van der Waals surface area contributed by atoms with Gasteiger partial charge >= 0.3 is 33.4 Å². The fourth-order valence-corrected chi connectivity index (χ4v) is 7.12. The summed E-state index contributed by atoms with van der Waals surface area (Å²) >= 11 is 0. The van der Waals surface area contributed by atoms with Crippen LogP contribution in [0.1, 0.15) is 36.4 Å². The second-order valence-corrected chi connectivity index (χ2v) is 14.8. The first kappa shape index (κ1) is 43.6. The molecule has 0 N–H and O–H groups in total. The number of aromatic nitrogens is 2. The van der Waals surface area contributed by atoms with Crippen LogP contribution in [0.5, 0.6) is 0 Å². The summed E-state index contributed by atoms with van der Waals surface area (Å²) in [5.74, 6) is 0. The number of para-hydroxylation sites is 4. The average molecular weight is 1010 g/mol. The predicted octanol–water partition coefficient (Wildman–Crippen LogP) is 14.7. The number of hydrogen-bond donors (Lipinski definition) is 0. The number of alkyl halides is 6. The first-order valence-electron chi connectivity index (χ1n) is 19.3. The van der Waals surface area contributed by atoms with Crippen molar-refractivity contribution in [3.63, 3.8) is 0 Å². The zero-order chi connectivity index (χ0) is 42.8. The molecule has 0 saturated heterocycles. The number of nitrogens with zero attached hydrogens (tertiary/aromatic N) is 4. The Labute approximate surface area is 370 Å². The molecular formula is C51H36F6N4Pt. The summed E-state index contributed by atoms with van der Waals surface area (Å²) in [6.07, 6.45) is -9.23. The van der Waals surface area contributed by atoms with E-state index < -0.39 is 28.9 Å². The van der Waals surface area contributed by atoms with Crippen LogP contribution >= 0.6 is 0 Å². The molecular weight excluding hydrogens is 978 g/mol. The molecule has 0 aliphatic heterocycles. The van der Waals surface area contributed by atoms with E-state index in [1.54, 1.807) is 12.1 Å². The Kier molecular flexibility index (Phi) is 12.5. The van der Waals surface area contributed by atoms with Crippen LogP contribution in [0.25, 0.3) is 22.5 Å². The molecule has 0 aliphatic rings. The van der Waals surface area contributed by atoms with Gasteiger partial charge in [0.1, 0.15) is 0 Å². The van der Waals surface area contributed by atoms with Crippen molar-refractivity contribution in [2.24, 2.45) is 0 Å². The summed E-state index contributed by atoms with van der Waals surface area (Å²) in [5.41, 5.74) is 3.03. The molecule has 0 amide bonds. The van der Waals surface area contributed by atoms with Crippen molar-refractivity contribution in [2.45, 2.75) is 31.6 Å². The van der Waals surface area contributed by atoms with E-state index in [9.17, 15) is 26.3 Å². The molecule has 0 saturated carbocycles. The Hall–Kier alpha value is -6.51. The zero-order valence-corrected chi connectivity index (χ0v) is 35.5. The number of rotatable bonds is 10. The van der Waals surface area contributed by atoms with E-state index in [1.807, 2.05) is 157 Å². The second kappa shape index (κ2) is 17.8. The number of anilines is 6. The largest absolute Gasteiger partial charge is 2.00 e. The van der Waals surface area contributed by atoms with E-state index in [0.717, 1.165) is 47.0 Å². The fraction of sp³-hybridized carbons (Fsp3) is 0.0980. The molecule has 312 valence electrons. The third-order valence-corrected chi connectivity index (χ3v) is 10.3. The smallest absolute Gasteiger partial charge is 0.311 e. The van der Waals surface area contributed by atoms with E-state index >= 15 is 0 Å². The molecule has 0 spiro atoms. The Morgan fingerprint density at radius 2 is 0.710 bits per heavy atom. The van der Waals surface area contributed by atoms with Crippen molar-refractivity contribution in [3.8, 4) is 22.5 Å². The summed E-state index contributed by atoms with van der Waals surface area (Å²) < 4.78 is 84.7. The van der Waals surface area contributed by atoms with Gasteiger partial charge in [-0.15, -0.1) is 59.7 Å². The van der Waals surface area contributed by atoms with E-state index in [1.165, 1.54) is 12.1 Å². The molecule has 6 aromatic carbocycles. The maximum Gasteiger partial charge on any atom is 2.00 e. The second-order valence-electron chi connectivity index (χ2n) is 14.8.